The SMILES string of the molecule is CCNC(=O)c1ccc(-n2nnc(C(=O)NCc3ccc(C(C)(C)C)cc3)c2CSC)cc1. The minimum atomic E-state index is -0.260. The zero-order chi connectivity index (χ0) is 24.0. The first-order valence-electron chi connectivity index (χ1n) is 10.9. The van der Waals surface area contributed by atoms with E-state index in [4.69, 9.17) is 0 Å². The van der Waals surface area contributed by atoms with Gasteiger partial charge in [-0.3, -0.25) is 9.59 Å². The number of carbonyl (C=O) groups is 2. The number of hydrogen-bond acceptors (Lipinski definition) is 5. The van der Waals surface area contributed by atoms with Crippen LogP contribution in [0.4, 0.5) is 0 Å². The molecule has 3 aromatic rings. The van der Waals surface area contributed by atoms with Crippen molar-refractivity contribution < 1.29 is 9.59 Å². The highest BCUT2D eigenvalue weighted by molar-refractivity contribution is 7.97. The Morgan fingerprint density at radius 3 is 2.21 bits per heavy atom. The van der Waals surface area contributed by atoms with Gasteiger partial charge in [-0.2, -0.15) is 11.8 Å². The number of carbonyl (C=O) groups excluding carboxylic acids is 2. The van der Waals surface area contributed by atoms with Gasteiger partial charge in [-0.25, -0.2) is 4.68 Å². The van der Waals surface area contributed by atoms with Crippen molar-refractivity contribution in [1.82, 2.24) is 25.6 Å². The molecule has 0 unspecified atom stereocenters. The van der Waals surface area contributed by atoms with E-state index in [-0.39, 0.29) is 17.2 Å². The molecule has 1 heterocycles. The zero-order valence-corrected chi connectivity index (χ0v) is 20.6. The van der Waals surface area contributed by atoms with Crippen molar-refractivity contribution in [2.24, 2.45) is 0 Å². The van der Waals surface area contributed by atoms with Crippen LogP contribution in [0.3, 0.4) is 0 Å². The Bertz CT molecular complexity index is 1100. The van der Waals surface area contributed by atoms with Crippen LogP contribution in [0.15, 0.2) is 48.5 Å². The molecule has 0 radical (unpaired) electrons. The predicted octanol–water partition coefficient (Wildman–Crippen LogP) is 4.11. The van der Waals surface area contributed by atoms with Crippen LogP contribution in [-0.4, -0.2) is 39.6 Å². The maximum atomic E-state index is 12.9. The van der Waals surface area contributed by atoms with Gasteiger partial charge < -0.3 is 10.6 Å². The summed E-state index contributed by atoms with van der Waals surface area (Å²) in [4.78, 5) is 24.9. The van der Waals surface area contributed by atoms with Crippen LogP contribution in [0.5, 0.6) is 0 Å². The predicted molar refractivity (Wildman–Crippen MR) is 133 cm³/mol. The van der Waals surface area contributed by atoms with Crippen molar-refractivity contribution in [2.75, 3.05) is 12.8 Å². The summed E-state index contributed by atoms with van der Waals surface area (Å²) < 4.78 is 1.66. The molecule has 0 aliphatic rings. The van der Waals surface area contributed by atoms with Crippen LogP contribution in [0.25, 0.3) is 5.69 Å². The van der Waals surface area contributed by atoms with E-state index in [1.165, 1.54) is 5.56 Å². The second kappa shape index (κ2) is 10.7. The lowest BCUT2D eigenvalue weighted by atomic mass is 9.87. The highest BCUT2D eigenvalue weighted by atomic mass is 32.2. The molecule has 2 amide bonds. The lowest BCUT2D eigenvalue weighted by molar-refractivity contribution is 0.0940. The van der Waals surface area contributed by atoms with Gasteiger partial charge in [0.2, 0.25) is 0 Å². The molecular formula is C25H31N5O2S. The van der Waals surface area contributed by atoms with Gasteiger partial charge in [0, 0.05) is 24.4 Å². The van der Waals surface area contributed by atoms with Crippen molar-refractivity contribution in [1.29, 1.82) is 0 Å². The van der Waals surface area contributed by atoms with E-state index in [2.05, 4.69) is 53.8 Å². The second-order valence-electron chi connectivity index (χ2n) is 8.77. The van der Waals surface area contributed by atoms with E-state index in [9.17, 15) is 9.59 Å². The Morgan fingerprint density at radius 1 is 0.970 bits per heavy atom. The van der Waals surface area contributed by atoms with Gasteiger partial charge in [0.05, 0.1) is 11.4 Å². The first-order chi connectivity index (χ1) is 15.7. The average molecular weight is 466 g/mol. The summed E-state index contributed by atoms with van der Waals surface area (Å²) in [6, 6.07) is 15.4. The van der Waals surface area contributed by atoms with Crippen LogP contribution in [-0.2, 0) is 17.7 Å². The molecule has 2 aromatic carbocycles. The molecule has 8 heteroatoms. The summed E-state index contributed by atoms with van der Waals surface area (Å²) in [5, 5.41) is 14.1. The summed E-state index contributed by atoms with van der Waals surface area (Å²) in [5.41, 5.74) is 4.71. The monoisotopic (exact) mass is 465 g/mol. The van der Waals surface area contributed by atoms with E-state index in [1.807, 2.05) is 37.4 Å². The van der Waals surface area contributed by atoms with E-state index < -0.39 is 0 Å². The molecule has 0 atom stereocenters. The summed E-state index contributed by atoms with van der Waals surface area (Å²) in [6.07, 6.45) is 1.97. The molecular weight excluding hydrogens is 434 g/mol. The molecule has 33 heavy (non-hydrogen) atoms. The Balaban J connectivity index is 1.76. The molecule has 174 valence electrons. The second-order valence-corrected chi connectivity index (χ2v) is 9.63. The standard InChI is InChI=1S/C25H31N5O2S/c1-6-26-23(31)18-9-13-20(14-10-18)30-21(16-33-5)22(28-29-30)24(32)27-15-17-7-11-19(12-8-17)25(2,3)4/h7-14H,6,15-16H2,1-5H3,(H,26,31)(H,27,32). The third-order valence-electron chi connectivity index (χ3n) is 5.24. The van der Waals surface area contributed by atoms with Gasteiger partial charge in [-0.05, 0) is 54.0 Å². The topological polar surface area (TPSA) is 88.9 Å². The highest BCUT2D eigenvalue weighted by Crippen LogP contribution is 2.22. The van der Waals surface area contributed by atoms with Crippen molar-refractivity contribution in [3.8, 4) is 5.69 Å². The molecule has 0 saturated carbocycles. The smallest absolute Gasteiger partial charge is 0.274 e. The van der Waals surface area contributed by atoms with Gasteiger partial charge >= 0.3 is 0 Å². The Kier molecular flexibility index (Phi) is 7.92. The summed E-state index contributed by atoms with van der Waals surface area (Å²) in [5.74, 6) is 0.195. The zero-order valence-electron chi connectivity index (χ0n) is 19.8. The third-order valence-corrected chi connectivity index (χ3v) is 5.81. The van der Waals surface area contributed by atoms with Crippen LogP contribution in [0, 0.1) is 0 Å². The van der Waals surface area contributed by atoms with Crippen LogP contribution in [0.1, 0.15) is 65.4 Å². The number of benzene rings is 2. The Morgan fingerprint density at radius 2 is 1.64 bits per heavy atom. The molecule has 0 aliphatic heterocycles. The maximum absolute atomic E-state index is 12.9. The minimum Gasteiger partial charge on any atom is -0.352 e. The van der Waals surface area contributed by atoms with Gasteiger partial charge in [-0.1, -0.05) is 50.3 Å². The number of hydrogen-bond donors (Lipinski definition) is 2. The van der Waals surface area contributed by atoms with Gasteiger partial charge in [-0.15, -0.1) is 5.10 Å². The first kappa shape index (κ1) is 24.5. The summed E-state index contributed by atoms with van der Waals surface area (Å²) in [6.45, 7) is 9.39. The third kappa shape index (κ3) is 6.01. The van der Waals surface area contributed by atoms with E-state index in [0.717, 1.165) is 11.3 Å². The molecule has 0 bridgehead atoms. The number of amides is 2. The molecule has 7 nitrogen and oxygen atoms in total. The largest absolute Gasteiger partial charge is 0.352 e. The molecule has 0 aliphatic carbocycles. The van der Waals surface area contributed by atoms with E-state index >= 15 is 0 Å². The van der Waals surface area contributed by atoms with E-state index in [0.29, 0.717) is 35.8 Å². The highest BCUT2D eigenvalue weighted by Gasteiger charge is 2.20. The van der Waals surface area contributed by atoms with Gasteiger partial charge in [0.15, 0.2) is 5.69 Å². The summed E-state index contributed by atoms with van der Waals surface area (Å²) in [7, 11) is 0. The molecule has 0 spiro atoms. The lowest BCUT2D eigenvalue weighted by Crippen LogP contribution is -2.24. The molecule has 0 saturated heterocycles. The number of nitrogens with one attached hydrogen (secondary N) is 2. The normalized spacial score (nSPS) is 11.3. The molecule has 2 N–H and O–H groups in total. The fourth-order valence-corrected chi connectivity index (χ4v) is 3.89. The number of rotatable bonds is 8. The van der Waals surface area contributed by atoms with Gasteiger partial charge in [0.1, 0.15) is 0 Å². The number of thioether (sulfide) groups is 1. The molecule has 0 fully saturated rings. The van der Waals surface area contributed by atoms with Crippen LogP contribution in [0.2, 0.25) is 0 Å². The van der Waals surface area contributed by atoms with Crippen LogP contribution < -0.4 is 10.6 Å². The minimum absolute atomic E-state index is 0.0883. The fraction of sp³-hybridized carbons (Fsp3) is 0.360. The first-order valence-corrected chi connectivity index (χ1v) is 12.3. The molecule has 3 rings (SSSR count). The number of aromatic nitrogens is 3. The van der Waals surface area contributed by atoms with Crippen molar-refractivity contribution in [2.45, 2.75) is 45.4 Å². The quantitative estimate of drug-likeness (QED) is 0.523. The van der Waals surface area contributed by atoms with Gasteiger partial charge in [0.25, 0.3) is 11.8 Å². The molecule has 1 aromatic heterocycles. The fourth-order valence-electron chi connectivity index (χ4n) is 3.36. The maximum Gasteiger partial charge on any atom is 0.274 e. The van der Waals surface area contributed by atoms with Crippen molar-refractivity contribution >= 4 is 23.6 Å². The van der Waals surface area contributed by atoms with Crippen molar-refractivity contribution in [3.63, 3.8) is 0 Å². The Labute approximate surface area is 199 Å². The number of nitrogens with zero attached hydrogens (tertiary/aromatic N) is 3. The van der Waals surface area contributed by atoms with E-state index in [1.54, 1.807) is 28.6 Å². The summed E-state index contributed by atoms with van der Waals surface area (Å²) >= 11 is 1.59. The lowest BCUT2D eigenvalue weighted by Gasteiger charge is -2.19. The van der Waals surface area contributed by atoms with Crippen LogP contribution >= 0.6 is 11.8 Å². The van der Waals surface area contributed by atoms with Crippen molar-refractivity contribution in [3.05, 3.63) is 76.6 Å². The Hall–Kier alpha value is -3.13. The average Bonchev–Trinajstić information content (AvgIpc) is 3.21.